The highest BCUT2D eigenvalue weighted by molar-refractivity contribution is 5.17. The Morgan fingerprint density at radius 3 is 2.73 bits per heavy atom. The molecule has 1 N–H and O–H groups in total. The van der Waals surface area contributed by atoms with Crippen LogP contribution < -0.4 is 0 Å². The van der Waals surface area contributed by atoms with Crippen molar-refractivity contribution in [1.82, 2.24) is 9.88 Å². The molecule has 0 spiro atoms. The van der Waals surface area contributed by atoms with Gasteiger partial charge < -0.3 is 5.11 Å². The fraction of sp³-hybridized carbons (Fsp3) is 0.583. The summed E-state index contributed by atoms with van der Waals surface area (Å²) in [5.41, 5.74) is 0.998. The van der Waals surface area contributed by atoms with Crippen LogP contribution in [0.4, 0.5) is 0 Å². The van der Waals surface area contributed by atoms with Crippen molar-refractivity contribution >= 4 is 0 Å². The zero-order valence-corrected chi connectivity index (χ0v) is 9.77. The molecule has 1 aromatic heterocycles. The van der Waals surface area contributed by atoms with Gasteiger partial charge in [-0.25, -0.2) is 0 Å². The van der Waals surface area contributed by atoms with Gasteiger partial charge in [-0.15, -0.1) is 0 Å². The summed E-state index contributed by atoms with van der Waals surface area (Å²) in [5, 5.41) is 9.11. The molecule has 0 fully saturated rings. The molecule has 3 heteroatoms. The highest BCUT2D eigenvalue weighted by atomic mass is 16.3. The van der Waals surface area contributed by atoms with E-state index in [1.165, 1.54) is 19.0 Å². The van der Waals surface area contributed by atoms with Gasteiger partial charge in [0, 0.05) is 12.6 Å². The minimum Gasteiger partial charge on any atom is -0.506 e. The van der Waals surface area contributed by atoms with E-state index in [2.05, 4.69) is 30.8 Å². The van der Waals surface area contributed by atoms with Crippen LogP contribution in [0.5, 0.6) is 5.75 Å². The van der Waals surface area contributed by atoms with Crippen LogP contribution in [0, 0.1) is 0 Å². The predicted octanol–water partition coefficient (Wildman–Crippen LogP) is 2.41. The molecule has 0 saturated carbocycles. The molecule has 1 atom stereocenters. The minimum atomic E-state index is 0.225. The molecule has 1 unspecified atom stereocenters. The number of aromatic hydroxyl groups is 1. The van der Waals surface area contributed by atoms with Crippen LogP contribution in [0.15, 0.2) is 18.3 Å². The molecular formula is C12H20N2O. The van der Waals surface area contributed by atoms with Gasteiger partial charge >= 0.3 is 0 Å². The van der Waals surface area contributed by atoms with E-state index < -0.39 is 0 Å². The van der Waals surface area contributed by atoms with Crippen LogP contribution >= 0.6 is 0 Å². The van der Waals surface area contributed by atoms with Gasteiger partial charge in [0.2, 0.25) is 0 Å². The third-order valence-corrected chi connectivity index (χ3v) is 2.68. The molecule has 0 bridgehead atoms. The Morgan fingerprint density at radius 1 is 1.47 bits per heavy atom. The van der Waals surface area contributed by atoms with Crippen molar-refractivity contribution in [2.75, 3.05) is 7.05 Å². The van der Waals surface area contributed by atoms with E-state index >= 15 is 0 Å². The second-order valence-electron chi connectivity index (χ2n) is 4.06. The fourth-order valence-electron chi connectivity index (χ4n) is 1.56. The lowest BCUT2D eigenvalue weighted by Crippen LogP contribution is -2.28. The second kappa shape index (κ2) is 5.71. The standard InChI is InChI=1S/C12H20N2O/c1-4-5-10(2)14(3)9-11-6-7-12(15)8-13-11/h6-8,10,15H,4-5,9H2,1-3H3. The van der Waals surface area contributed by atoms with Crippen molar-refractivity contribution < 1.29 is 5.11 Å². The molecule has 1 heterocycles. The lowest BCUT2D eigenvalue weighted by Gasteiger charge is -2.23. The van der Waals surface area contributed by atoms with E-state index in [0.717, 1.165) is 12.2 Å². The van der Waals surface area contributed by atoms with Gasteiger partial charge in [-0.3, -0.25) is 9.88 Å². The van der Waals surface area contributed by atoms with Crippen LogP contribution in [0.2, 0.25) is 0 Å². The summed E-state index contributed by atoms with van der Waals surface area (Å²) in [4.78, 5) is 6.45. The Balaban J connectivity index is 2.50. The van der Waals surface area contributed by atoms with Crippen molar-refractivity contribution in [2.45, 2.75) is 39.3 Å². The number of hydrogen-bond donors (Lipinski definition) is 1. The molecule has 0 aromatic carbocycles. The van der Waals surface area contributed by atoms with Gasteiger partial charge in [0.1, 0.15) is 5.75 Å². The summed E-state index contributed by atoms with van der Waals surface area (Å²) >= 11 is 0. The van der Waals surface area contributed by atoms with Crippen molar-refractivity contribution in [3.8, 4) is 5.75 Å². The predicted molar refractivity (Wildman–Crippen MR) is 61.7 cm³/mol. The van der Waals surface area contributed by atoms with Gasteiger partial charge in [0.05, 0.1) is 11.9 Å². The number of nitrogens with zero attached hydrogens (tertiary/aromatic N) is 2. The first-order valence-electron chi connectivity index (χ1n) is 5.47. The summed E-state index contributed by atoms with van der Waals surface area (Å²) < 4.78 is 0. The fourth-order valence-corrected chi connectivity index (χ4v) is 1.56. The normalized spacial score (nSPS) is 13.1. The summed E-state index contributed by atoms with van der Waals surface area (Å²) in [6.45, 7) is 5.26. The largest absolute Gasteiger partial charge is 0.506 e. The van der Waals surface area contributed by atoms with E-state index in [1.54, 1.807) is 6.07 Å². The lowest BCUT2D eigenvalue weighted by atomic mass is 10.1. The molecule has 0 amide bonds. The summed E-state index contributed by atoms with van der Waals surface area (Å²) in [7, 11) is 2.11. The number of aromatic nitrogens is 1. The highest BCUT2D eigenvalue weighted by Gasteiger charge is 2.08. The van der Waals surface area contributed by atoms with Gasteiger partial charge in [0.15, 0.2) is 0 Å². The van der Waals surface area contributed by atoms with E-state index in [-0.39, 0.29) is 5.75 Å². The second-order valence-corrected chi connectivity index (χ2v) is 4.06. The Kier molecular flexibility index (Phi) is 4.56. The molecule has 0 aliphatic carbocycles. The maximum Gasteiger partial charge on any atom is 0.133 e. The highest BCUT2D eigenvalue weighted by Crippen LogP contribution is 2.10. The smallest absolute Gasteiger partial charge is 0.133 e. The zero-order valence-electron chi connectivity index (χ0n) is 9.77. The molecule has 1 aromatic rings. The average molecular weight is 208 g/mol. The van der Waals surface area contributed by atoms with Crippen LogP contribution in [-0.4, -0.2) is 28.1 Å². The van der Waals surface area contributed by atoms with E-state index in [9.17, 15) is 0 Å². The molecule has 84 valence electrons. The SMILES string of the molecule is CCCC(C)N(C)Cc1ccc(O)cn1. The van der Waals surface area contributed by atoms with Crippen molar-refractivity contribution in [1.29, 1.82) is 0 Å². The average Bonchev–Trinajstić information content (AvgIpc) is 2.22. The maximum atomic E-state index is 9.11. The number of pyridine rings is 1. The van der Waals surface area contributed by atoms with Crippen molar-refractivity contribution in [3.63, 3.8) is 0 Å². The van der Waals surface area contributed by atoms with Crippen LogP contribution in [0.3, 0.4) is 0 Å². The van der Waals surface area contributed by atoms with E-state index in [4.69, 9.17) is 5.11 Å². The summed E-state index contributed by atoms with van der Waals surface area (Å²) in [5.74, 6) is 0.225. The first-order chi connectivity index (χ1) is 7.13. The van der Waals surface area contributed by atoms with Gasteiger partial charge in [-0.2, -0.15) is 0 Å². The quantitative estimate of drug-likeness (QED) is 0.807. The molecule has 0 aliphatic rings. The van der Waals surface area contributed by atoms with Gasteiger partial charge in [0.25, 0.3) is 0 Å². The van der Waals surface area contributed by atoms with E-state index in [0.29, 0.717) is 6.04 Å². The molecule has 3 nitrogen and oxygen atoms in total. The molecule has 0 radical (unpaired) electrons. The summed E-state index contributed by atoms with van der Waals surface area (Å²) in [6, 6.07) is 4.12. The molecule has 0 aliphatic heterocycles. The Morgan fingerprint density at radius 2 is 2.20 bits per heavy atom. The topological polar surface area (TPSA) is 36.4 Å². The monoisotopic (exact) mass is 208 g/mol. The van der Waals surface area contributed by atoms with Crippen LogP contribution in [0.1, 0.15) is 32.4 Å². The molecule has 15 heavy (non-hydrogen) atoms. The number of rotatable bonds is 5. The molecule has 1 rings (SSSR count). The van der Waals surface area contributed by atoms with Crippen LogP contribution in [0.25, 0.3) is 0 Å². The van der Waals surface area contributed by atoms with Gasteiger partial charge in [-0.05, 0) is 32.5 Å². The number of hydrogen-bond acceptors (Lipinski definition) is 3. The third-order valence-electron chi connectivity index (χ3n) is 2.68. The van der Waals surface area contributed by atoms with E-state index in [1.807, 2.05) is 6.07 Å². The molecule has 0 saturated heterocycles. The van der Waals surface area contributed by atoms with Crippen molar-refractivity contribution in [3.05, 3.63) is 24.0 Å². The summed E-state index contributed by atoms with van der Waals surface area (Å²) in [6.07, 6.45) is 3.90. The van der Waals surface area contributed by atoms with Gasteiger partial charge in [-0.1, -0.05) is 13.3 Å². The Hall–Kier alpha value is -1.09. The Labute approximate surface area is 91.8 Å². The molecular weight excluding hydrogens is 188 g/mol. The maximum absolute atomic E-state index is 9.11. The first kappa shape index (κ1) is 12.0. The third kappa shape index (κ3) is 3.88. The first-order valence-corrected chi connectivity index (χ1v) is 5.47. The minimum absolute atomic E-state index is 0.225. The zero-order chi connectivity index (χ0) is 11.3. The van der Waals surface area contributed by atoms with Crippen LogP contribution in [-0.2, 0) is 6.54 Å². The Bertz CT molecular complexity index is 284. The van der Waals surface area contributed by atoms with Crippen molar-refractivity contribution in [2.24, 2.45) is 0 Å². The lowest BCUT2D eigenvalue weighted by molar-refractivity contribution is 0.234.